The summed E-state index contributed by atoms with van der Waals surface area (Å²) in [7, 11) is 0. The van der Waals surface area contributed by atoms with E-state index < -0.39 is 5.97 Å². The normalized spacial score (nSPS) is 22.3. The lowest BCUT2D eigenvalue weighted by Gasteiger charge is -2.26. The molecule has 3 rings (SSSR count). The topological polar surface area (TPSA) is 63.3 Å². The van der Waals surface area contributed by atoms with E-state index in [1.807, 2.05) is 5.38 Å². The van der Waals surface area contributed by atoms with Crippen molar-refractivity contribution in [1.29, 1.82) is 0 Å². The molecule has 0 saturated heterocycles. The van der Waals surface area contributed by atoms with Crippen molar-refractivity contribution in [2.75, 3.05) is 0 Å². The van der Waals surface area contributed by atoms with Gasteiger partial charge in [0.1, 0.15) is 12.0 Å². The van der Waals surface area contributed by atoms with Crippen molar-refractivity contribution in [2.24, 2.45) is 5.92 Å². The predicted octanol–water partition coefficient (Wildman–Crippen LogP) is 4.79. The second kappa shape index (κ2) is 6.02. The molecule has 2 unspecified atom stereocenters. The molecule has 1 N–H and O–H groups in total. The van der Waals surface area contributed by atoms with Gasteiger partial charge in [0.2, 0.25) is 0 Å². The highest BCUT2D eigenvalue weighted by molar-refractivity contribution is 7.10. The molecule has 2 atom stereocenters. The third-order valence-corrected chi connectivity index (χ3v) is 5.34. The van der Waals surface area contributed by atoms with Gasteiger partial charge in [-0.3, -0.25) is 0 Å². The van der Waals surface area contributed by atoms with Crippen LogP contribution < -0.4 is 0 Å². The fraction of sp³-hybridized carbons (Fsp3) is 0.500. The quantitative estimate of drug-likeness (QED) is 0.882. The van der Waals surface area contributed by atoms with Gasteiger partial charge >= 0.3 is 5.97 Å². The first-order valence-electron chi connectivity index (χ1n) is 7.45. The molecule has 1 aliphatic rings. The van der Waals surface area contributed by atoms with Crippen LogP contribution in [0.5, 0.6) is 0 Å². The number of hydrogen-bond donors (Lipinski definition) is 1. The first-order chi connectivity index (χ1) is 10.2. The minimum atomic E-state index is -0.974. The lowest BCUT2D eigenvalue weighted by molar-refractivity contribution is 0.0696. The zero-order valence-corrected chi connectivity index (χ0v) is 12.9. The lowest BCUT2D eigenvalue weighted by Crippen LogP contribution is -2.13. The minimum absolute atomic E-state index is 0.170. The van der Waals surface area contributed by atoms with Crippen LogP contribution in [0.1, 0.15) is 60.3 Å². The van der Waals surface area contributed by atoms with Gasteiger partial charge in [-0.1, -0.05) is 26.2 Å². The van der Waals surface area contributed by atoms with Crippen LogP contribution in [0.3, 0.4) is 0 Å². The van der Waals surface area contributed by atoms with Gasteiger partial charge in [0.25, 0.3) is 0 Å². The van der Waals surface area contributed by atoms with E-state index in [9.17, 15) is 4.79 Å². The Balaban J connectivity index is 1.77. The van der Waals surface area contributed by atoms with Crippen molar-refractivity contribution >= 4 is 17.3 Å². The first-order valence-corrected chi connectivity index (χ1v) is 8.33. The molecule has 2 heterocycles. The predicted molar refractivity (Wildman–Crippen MR) is 81.8 cm³/mol. The van der Waals surface area contributed by atoms with E-state index in [1.54, 1.807) is 11.3 Å². The van der Waals surface area contributed by atoms with Gasteiger partial charge in [-0.2, -0.15) is 0 Å². The van der Waals surface area contributed by atoms with E-state index in [4.69, 9.17) is 9.52 Å². The maximum Gasteiger partial charge on any atom is 0.338 e. The van der Waals surface area contributed by atoms with Crippen LogP contribution in [0, 0.1) is 5.92 Å². The molecule has 21 heavy (non-hydrogen) atoms. The van der Waals surface area contributed by atoms with E-state index >= 15 is 0 Å². The zero-order valence-electron chi connectivity index (χ0n) is 12.0. The molecule has 1 aliphatic carbocycles. The summed E-state index contributed by atoms with van der Waals surface area (Å²) < 4.78 is 5.32. The second-order valence-corrected chi connectivity index (χ2v) is 6.60. The number of hydrogen-bond acceptors (Lipinski definition) is 4. The molecule has 0 spiro atoms. The summed E-state index contributed by atoms with van der Waals surface area (Å²) in [5.74, 6) is 0.936. The number of thiazole rings is 1. The third-order valence-electron chi connectivity index (χ3n) is 4.33. The Morgan fingerprint density at radius 3 is 3.10 bits per heavy atom. The summed E-state index contributed by atoms with van der Waals surface area (Å²) in [5.41, 5.74) is 0.921. The van der Waals surface area contributed by atoms with E-state index in [1.165, 1.54) is 44.4 Å². The van der Waals surface area contributed by atoms with Gasteiger partial charge in [0.05, 0.1) is 10.6 Å². The summed E-state index contributed by atoms with van der Waals surface area (Å²) in [6, 6.07) is 1.54. The lowest BCUT2D eigenvalue weighted by atomic mass is 9.80. The molecule has 2 aromatic rings. The minimum Gasteiger partial charge on any atom is -0.478 e. The van der Waals surface area contributed by atoms with E-state index in [0.29, 0.717) is 11.7 Å². The van der Waals surface area contributed by atoms with Gasteiger partial charge in [-0.25, -0.2) is 9.78 Å². The maximum absolute atomic E-state index is 10.9. The fourth-order valence-electron chi connectivity index (χ4n) is 3.06. The monoisotopic (exact) mass is 305 g/mol. The largest absolute Gasteiger partial charge is 0.478 e. The molecule has 2 aromatic heterocycles. The molecule has 0 amide bonds. The molecule has 5 heteroatoms. The van der Waals surface area contributed by atoms with Crippen molar-refractivity contribution in [3.8, 4) is 11.5 Å². The molecule has 1 saturated carbocycles. The molecule has 112 valence electrons. The van der Waals surface area contributed by atoms with Gasteiger partial charge in [0, 0.05) is 17.4 Å². The van der Waals surface area contributed by atoms with Gasteiger partial charge < -0.3 is 9.52 Å². The van der Waals surface area contributed by atoms with Crippen LogP contribution in [0.15, 0.2) is 22.1 Å². The highest BCUT2D eigenvalue weighted by atomic mass is 32.1. The van der Waals surface area contributed by atoms with Crippen LogP contribution in [-0.2, 0) is 0 Å². The number of carboxylic acid groups (broad SMARTS) is 1. The van der Waals surface area contributed by atoms with Gasteiger partial charge in [-0.15, -0.1) is 11.3 Å². The number of aromatic nitrogens is 1. The van der Waals surface area contributed by atoms with Gasteiger partial charge in [-0.05, 0) is 18.8 Å². The van der Waals surface area contributed by atoms with Crippen LogP contribution in [0.2, 0.25) is 0 Å². The number of carbonyl (C=O) groups is 1. The average molecular weight is 305 g/mol. The Hall–Kier alpha value is -1.62. The highest BCUT2D eigenvalue weighted by Gasteiger charge is 2.25. The van der Waals surface area contributed by atoms with Crippen molar-refractivity contribution in [1.82, 2.24) is 4.98 Å². The van der Waals surface area contributed by atoms with Gasteiger partial charge in [0.15, 0.2) is 5.76 Å². The van der Waals surface area contributed by atoms with Crippen LogP contribution in [0.4, 0.5) is 0 Å². The third kappa shape index (κ3) is 3.02. The Kier molecular flexibility index (Phi) is 4.10. The summed E-state index contributed by atoms with van der Waals surface area (Å²) in [4.78, 5) is 15.6. The molecular weight excluding hydrogens is 286 g/mol. The van der Waals surface area contributed by atoms with Crippen molar-refractivity contribution in [3.63, 3.8) is 0 Å². The van der Waals surface area contributed by atoms with E-state index in [-0.39, 0.29) is 5.56 Å². The number of aromatic carboxylic acids is 1. The van der Waals surface area contributed by atoms with E-state index in [2.05, 4.69) is 11.9 Å². The molecule has 1 fully saturated rings. The summed E-state index contributed by atoms with van der Waals surface area (Å²) in [6.07, 6.45) is 7.57. The Morgan fingerprint density at radius 2 is 2.38 bits per heavy atom. The molecule has 0 aromatic carbocycles. The van der Waals surface area contributed by atoms with Crippen molar-refractivity contribution in [2.45, 2.75) is 44.9 Å². The fourth-order valence-corrected chi connectivity index (χ4v) is 4.02. The standard InChI is InChI=1S/C16H19NO3S/c1-2-10-4-3-5-11(6-10)15-17-13(9-21-15)14-7-12(8-20-14)16(18)19/h7-11H,2-6H2,1H3,(H,18,19). The Morgan fingerprint density at radius 1 is 1.52 bits per heavy atom. The molecule has 0 aliphatic heterocycles. The molecule has 0 radical (unpaired) electrons. The molecular formula is C16H19NO3S. The molecule has 0 bridgehead atoms. The van der Waals surface area contributed by atoms with Crippen LogP contribution in [0.25, 0.3) is 11.5 Å². The second-order valence-electron chi connectivity index (χ2n) is 5.71. The SMILES string of the molecule is CCC1CCCC(c2nc(-c3cc(C(=O)O)co3)cs2)C1. The number of carboxylic acids is 1. The number of furan rings is 1. The first kappa shape index (κ1) is 14.3. The number of rotatable bonds is 4. The zero-order chi connectivity index (χ0) is 14.8. The van der Waals surface area contributed by atoms with Crippen LogP contribution in [-0.4, -0.2) is 16.1 Å². The summed E-state index contributed by atoms with van der Waals surface area (Å²) in [6.45, 7) is 2.26. The maximum atomic E-state index is 10.9. The van der Waals surface area contributed by atoms with Crippen molar-refractivity contribution in [3.05, 3.63) is 28.3 Å². The van der Waals surface area contributed by atoms with E-state index in [0.717, 1.165) is 16.6 Å². The molecule has 4 nitrogen and oxygen atoms in total. The Bertz CT molecular complexity index is 631. The Labute approximate surface area is 127 Å². The smallest absolute Gasteiger partial charge is 0.338 e. The summed E-state index contributed by atoms with van der Waals surface area (Å²) >= 11 is 1.66. The average Bonchev–Trinajstić information content (AvgIpc) is 3.16. The summed E-state index contributed by atoms with van der Waals surface area (Å²) in [5, 5.41) is 12.1. The number of nitrogens with zero attached hydrogens (tertiary/aromatic N) is 1. The van der Waals surface area contributed by atoms with Crippen LogP contribution >= 0.6 is 11.3 Å². The van der Waals surface area contributed by atoms with Crippen molar-refractivity contribution < 1.29 is 14.3 Å². The highest BCUT2D eigenvalue weighted by Crippen LogP contribution is 2.39.